The molecule has 0 saturated heterocycles. The van der Waals surface area contributed by atoms with Crippen molar-refractivity contribution < 1.29 is 19.7 Å². The molecule has 2 aromatic carbocycles. The van der Waals surface area contributed by atoms with Crippen LogP contribution in [-0.2, 0) is 0 Å². The summed E-state index contributed by atoms with van der Waals surface area (Å²) in [7, 11) is 0. The summed E-state index contributed by atoms with van der Waals surface area (Å²) in [6, 6.07) is 9.45. The lowest BCUT2D eigenvalue weighted by atomic mass is 10.1. The van der Waals surface area contributed by atoms with Crippen LogP contribution >= 0.6 is 0 Å². The predicted octanol–water partition coefficient (Wildman–Crippen LogP) is 3.27. The zero-order valence-corrected chi connectivity index (χ0v) is 9.34. The summed E-state index contributed by atoms with van der Waals surface area (Å²) >= 11 is 0. The summed E-state index contributed by atoms with van der Waals surface area (Å²) in [6.45, 7) is 0. The summed E-state index contributed by atoms with van der Waals surface area (Å²) in [5, 5.41) is 27.6. The van der Waals surface area contributed by atoms with Crippen molar-refractivity contribution in [3.05, 3.63) is 53.6 Å². The topological polar surface area (TPSA) is 60.7 Å². The highest BCUT2D eigenvalue weighted by Crippen LogP contribution is 2.26. The van der Waals surface area contributed by atoms with Gasteiger partial charge in [0.1, 0.15) is 23.1 Å². The number of rotatable bonds is 2. The standard InChI is InChI=1S/C14H11FO3/c15-14(10-1-3-11(16)4-2-10)7-9-5-12(17)8-13(18)6-9/h1-8,16-18H/b14-7+. The maximum Gasteiger partial charge on any atom is 0.131 e. The third-order valence-corrected chi connectivity index (χ3v) is 2.36. The summed E-state index contributed by atoms with van der Waals surface area (Å²) in [4.78, 5) is 0. The van der Waals surface area contributed by atoms with E-state index < -0.39 is 5.83 Å². The van der Waals surface area contributed by atoms with Gasteiger partial charge < -0.3 is 15.3 Å². The number of phenols is 3. The Bertz CT molecular complexity index is 568. The number of aromatic hydroxyl groups is 3. The smallest absolute Gasteiger partial charge is 0.131 e. The molecule has 4 heteroatoms. The van der Waals surface area contributed by atoms with Crippen molar-refractivity contribution in [2.45, 2.75) is 0 Å². The average molecular weight is 246 g/mol. The highest BCUT2D eigenvalue weighted by molar-refractivity contribution is 5.77. The van der Waals surface area contributed by atoms with Gasteiger partial charge in [0.05, 0.1) is 0 Å². The van der Waals surface area contributed by atoms with Gasteiger partial charge in [-0.2, -0.15) is 0 Å². The van der Waals surface area contributed by atoms with Crippen molar-refractivity contribution in [2.75, 3.05) is 0 Å². The number of hydrogen-bond acceptors (Lipinski definition) is 3. The second-order valence-corrected chi connectivity index (χ2v) is 3.82. The Balaban J connectivity index is 2.35. The summed E-state index contributed by atoms with van der Waals surface area (Å²) < 4.78 is 13.8. The van der Waals surface area contributed by atoms with E-state index in [0.717, 1.165) is 6.07 Å². The quantitative estimate of drug-likeness (QED) is 0.713. The van der Waals surface area contributed by atoms with Crippen LogP contribution in [0.1, 0.15) is 11.1 Å². The number of halogens is 1. The van der Waals surface area contributed by atoms with Crippen molar-refractivity contribution in [1.82, 2.24) is 0 Å². The first kappa shape index (κ1) is 12.0. The normalized spacial score (nSPS) is 11.5. The lowest BCUT2D eigenvalue weighted by Gasteiger charge is -2.01. The van der Waals surface area contributed by atoms with Crippen LogP contribution in [0.25, 0.3) is 11.9 Å². The van der Waals surface area contributed by atoms with Crippen LogP contribution in [0.15, 0.2) is 42.5 Å². The molecular formula is C14H11FO3. The number of phenolic OH excluding ortho intramolecular Hbond substituents is 3. The fourth-order valence-electron chi connectivity index (χ4n) is 1.55. The molecule has 0 aliphatic carbocycles. The summed E-state index contributed by atoms with van der Waals surface area (Å²) in [6.07, 6.45) is 1.19. The van der Waals surface area contributed by atoms with Crippen molar-refractivity contribution in [3.8, 4) is 17.2 Å². The molecule has 0 amide bonds. The van der Waals surface area contributed by atoms with Gasteiger partial charge in [-0.15, -0.1) is 0 Å². The minimum atomic E-state index is -0.528. The summed E-state index contributed by atoms with van der Waals surface area (Å²) in [5.74, 6) is -0.749. The van der Waals surface area contributed by atoms with E-state index >= 15 is 0 Å². The molecule has 0 bridgehead atoms. The van der Waals surface area contributed by atoms with Crippen LogP contribution in [0, 0.1) is 0 Å². The van der Waals surface area contributed by atoms with E-state index in [1.165, 1.54) is 42.5 Å². The molecule has 0 radical (unpaired) electrons. The van der Waals surface area contributed by atoms with Crippen molar-refractivity contribution in [3.63, 3.8) is 0 Å². The molecule has 0 heterocycles. The largest absolute Gasteiger partial charge is 0.508 e. The van der Waals surface area contributed by atoms with E-state index in [1.807, 2.05) is 0 Å². The minimum Gasteiger partial charge on any atom is -0.508 e. The molecule has 2 aromatic rings. The second kappa shape index (κ2) is 4.79. The van der Waals surface area contributed by atoms with Gasteiger partial charge >= 0.3 is 0 Å². The maximum atomic E-state index is 13.8. The van der Waals surface area contributed by atoms with Crippen LogP contribution in [0.3, 0.4) is 0 Å². The molecule has 0 aliphatic rings. The Morgan fingerprint density at radius 3 is 1.94 bits per heavy atom. The molecular weight excluding hydrogens is 235 g/mol. The van der Waals surface area contributed by atoms with Crippen molar-refractivity contribution >= 4 is 11.9 Å². The molecule has 92 valence electrons. The minimum absolute atomic E-state index is 0.0570. The molecule has 0 unspecified atom stereocenters. The van der Waals surface area contributed by atoms with E-state index in [1.54, 1.807) is 0 Å². The third kappa shape index (κ3) is 2.79. The fraction of sp³-hybridized carbons (Fsp3) is 0. The Kier molecular flexibility index (Phi) is 3.19. The molecule has 0 fully saturated rings. The summed E-state index contributed by atoms with van der Waals surface area (Å²) in [5.41, 5.74) is 0.647. The zero-order valence-electron chi connectivity index (χ0n) is 9.34. The van der Waals surface area contributed by atoms with Gasteiger partial charge in [-0.1, -0.05) is 0 Å². The first-order chi connectivity index (χ1) is 8.54. The number of benzene rings is 2. The van der Waals surface area contributed by atoms with Gasteiger partial charge in [0.25, 0.3) is 0 Å². The molecule has 0 aromatic heterocycles. The van der Waals surface area contributed by atoms with Gasteiger partial charge in [0.2, 0.25) is 0 Å². The fourth-order valence-corrected chi connectivity index (χ4v) is 1.55. The lowest BCUT2D eigenvalue weighted by Crippen LogP contribution is -1.79. The van der Waals surface area contributed by atoms with Gasteiger partial charge in [-0.05, 0) is 48.0 Å². The zero-order chi connectivity index (χ0) is 13.1. The van der Waals surface area contributed by atoms with Crippen molar-refractivity contribution in [2.24, 2.45) is 0 Å². The van der Waals surface area contributed by atoms with Crippen LogP contribution in [0.2, 0.25) is 0 Å². The van der Waals surface area contributed by atoms with Crippen LogP contribution < -0.4 is 0 Å². The molecule has 3 nitrogen and oxygen atoms in total. The Morgan fingerprint density at radius 1 is 0.833 bits per heavy atom. The van der Waals surface area contributed by atoms with Gasteiger partial charge in [-0.25, -0.2) is 4.39 Å². The molecule has 0 spiro atoms. The molecule has 0 atom stereocenters. The predicted molar refractivity (Wildman–Crippen MR) is 66.9 cm³/mol. The Morgan fingerprint density at radius 2 is 1.39 bits per heavy atom. The molecule has 3 N–H and O–H groups in total. The number of hydrogen-bond donors (Lipinski definition) is 3. The van der Waals surface area contributed by atoms with E-state index in [2.05, 4.69) is 0 Å². The van der Waals surface area contributed by atoms with Gasteiger partial charge in [-0.3, -0.25) is 0 Å². The highest BCUT2D eigenvalue weighted by atomic mass is 19.1. The SMILES string of the molecule is Oc1ccc(/C(F)=C\c2cc(O)cc(O)c2)cc1. The molecule has 0 saturated carbocycles. The van der Waals surface area contributed by atoms with Gasteiger partial charge in [0.15, 0.2) is 0 Å². The third-order valence-electron chi connectivity index (χ3n) is 2.36. The van der Waals surface area contributed by atoms with Crippen LogP contribution in [0.4, 0.5) is 4.39 Å². The van der Waals surface area contributed by atoms with E-state index in [4.69, 9.17) is 5.11 Å². The second-order valence-electron chi connectivity index (χ2n) is 3.82. The highest BCUT2D eigenvalue weighted by Gasteiger charge is 2.02. The molecule has 2 rings (SSSR count). The Hall–Kier alpha value is -2.49. The first-order valence-corrected chi connectivity index (χ1v) is 5.24. The molecule has 0 aliphatic heterocycles. The monoisotopic (exact) mass is 246 g/mol. The van der Waals surface area contributed by atoms with Gasteiger partial charge in [0, 0.05) is 11.6 Å². The Labute approximate surface area is 103 Å². The van der Waals surface area contributed by atoms with E-state index in [-0.39, 0.29) is 17.2 Å². The maximum absolute atomic E-state index is 13.8. The first-order valence-electron chi connectivity index (χ1n) is 5.24. The molecule has 18 heavy (non-hydrogen) atoms. The average Bonchev–Trinajstić information content (AvgIpc) is 2.28. The van der Waals surface area contributed by atoms with E-state index in [0.29, 0.717) is 11.1 Å². The van der Waals surface area contributed by atoms with E-state index in [9.17, 15) is 14.6 Å². The van der Waals surface area contributed by atoms with Crippen LogP contribution in [0.5, 0.6) is 17.2 Å². The van der Waals surface area contributed by atoms with Crippen molar-refractivity contribution in [1.29, 1.82) is 0 Å². The van der Waals surface area contributed by atoms with Crippen LogP contribution in [-0.4, -0.2) is 15.3 Å². The lowest BCUT2D eigenvalue weighted by molar-refractivity contribution is 0.450.